The van der Waals surface area contributed by atoms with Crippen LogP contribution in [0.4, 0.5) is 22.4 Å². The molecule has 1 aromatic carbocycles. The first-order valence-corrected chi connectivity index (χ1v) is 11.9. The van der Waals surface area contributed by atoms with Crippen molar-refractivity contribution in [3.05, 3.63) is 52.1 Å². The summed E-state index contributed by atoms with van der Waals surface area (Å²) in [6.45, 7) is 1.18. The Labute approximate surface area is 213 Å². The molecule has 1 saturated carbocycles. The molecule has 2 aromatic rings. The van der Waals surface area contributed by atoms with E-state index in [0.717, 1.165) is 10.7 Å². The topological polar surface area (TPSA) is 123 Å². The number of amides is 4. The van der Waals surface area contributed by atoms with Crippen LogP contribution >= 0.6 is 0 Å². The van der Waals surface area contributed by atoms with Crippen molar-refractivity contribution < 1.29 is 41.5 Å². The lowest BCUT2D eigenvalue weighted by Gasteiger charge is -2.35. The summed E-state index contributed by atoms with van der Waals surface area (Å²) in [4.78, 5) is 49.9. The van der Waals surface area contributed by atoms with Gasteiger partial charge < -0.3 is 15.0 Å². The first kappa shape index (κ1) is 25.7. The van der Waals surface area contributed by atoms with Gasteiger partial charge in [-0.15, -0.1) is 0 Å². The zero-order valence-electron chi connectivity index (χ0n) is 20.1. The maximum atomic E-state index is 15.2. The molecule has 2 N–H and O–H groups in total. The van der Waals surface area contributed by atoms with E-state index < -0.39 is 59.7 Å². The van der Waals surface area contributed by atoms with Crippen molar-refractivity contribution in [3.8, 4) is 0 Å². The smallest absolute Gasteiger partial charge is 0.433 e. The molecule has 14 heteroatoms. The number of hydrogen-bond donors (Lipinski definition) is 2. The highest BCUT2D eigenvalue weighted by atomic mass is 19.4. The largest absolute Gasteiger partial charge is 0.446 e. The van der Waals surface area contributed by atoms with Crippen LogP contribution in [0.15, 0.2) is 18.2 Å². The van der Waals surface area contributed by atoms with E-state index in [0.29, 0.717) is 5.56 Å². The van der Waals surface area contributed by atoms with E-state index in [9.17, 15) is 32.3 Å². The van der Waals surface area contributed by atoms with Crippen LogP contribution in [0.5, 0.6) is 0 Å². The van der Waals surface area contributed by atoms with Crippen LogP contribution in [-0.4, -0.2) is 50.6 Å². The number of rotatable bonds is 5. The number of imide groups is 1. The number of nitrogens with one attached hydrogen (secondary N) is 2. The lowest BCUT2D eigenvalue weighted by molar-refractivity contribution is -0.147. The Bertz CT molecular complexity index is 1330. The van der Waals surface area contributed by atoms with Crippen LogP contribution in [0.3, 0.4) is 0 Å². The number of halogens is 4. The van der Waals surface area contributed by atoms with Gasteiger partial charge in [0.05, 0.1) is 17.3 Å². The quantitative estimate of drug-likeness (QED) is 0.447. The number of piperidine rings is 1. The van der Waals surface area contributed by atoms with Gasteiger partial charge in [-0.25, -0.2) is 9.18 Å². The van der Waals surface area contributed by atoms with Crippen molar-refractivity contribution in [1.82, 2.24) is 25.3 Å². The molecule has 2 aliphatic heterocycles. The monoisotopic (exact) mass is 537 g/mol. The summed E-state index contributed by atoms with van der Waals surface area (Å²) in [6.07, 6.45) is -5.54. The molecule has 10 nitrogen and oxygen atoms in total. The van der Waals surface area contributed by atoms with Gasteiger partial charge in [-0.2, -0.15) is 18.3 Å². The second-order valence-electron chi connectivity index (χ2n) is 9.59. The van der Waals surface area contributed by atoms with Crippen molar-refractivity contribution in [1.29, 1.82) is 0 Å². The van der Waals surface area contributed by atoms with Crippen LogP contribution in [0, 0.1) is 12.7 Å². The summed E-state index contributed by atoms with van der Waals surface area (Å²) in [5, 5.41) is 8.48. The molecule has 1 saturated heterocycles. The number of aryl methyl sites for hydroxylation is 1. The van der Waals surface area contributed by atoms with Crippen LogP contribution in [-0.2, 0) is 33.6 Å². The van der Waals surface area contributed by atoms with Gasteiger partial charge in [0, 0.05) is 37.9 Å². The number of benzene rings is 1. The van der Waals surface area contributed by atoms with Gasteiger partial charge in [0.1, 0.15) is 23.7 Å². The van der Waals surface area contributed by atoms with E-state index in [4.69, 9.17) is 4.74 Å². The molecule has 4 amide bonds. The SMILES string of the molecule is Cc1cc(C(F)(F)F)n(C2CC(OC(=O)NCc3ccc4c(c3F)C(=O)N([C@H]3CCC(=O)NC3=O)C4)C2)n1. The third kappa shape index (κ3) is 4.70. The normalized spacial score (nSPS) is 23.1. The Balaban J connectivity index is 1.16. The third-order valence-electron chi connectivity index (χ3n) is 6.97. The molecule has 0 unspecified atom stereocenters. The Morgan fingerprint density at radius 2 is 1.97 bits per heavy atom. The number of nitrogens with zero attached hydrogens (tertiary/aromatic N) is 3. The second-order valence-corrected chi connectivity index (χ2v) is 9.59. The summed E-state index contributed by atoms with van der Waals surface area (Å²) in [6, 6.07) is 2.46. The van der Waals surface area contributed by atoms with Crippen LogP contribution in [0.2, 0.25) is 0 Å². The van der Waals surface area contributed by atoms with Crippen molar-refractivity contribution in [3.63, 3.8) is 0 Å². The van der Waals surface area contributed by atoms with E-state index in [1.54, 1.807) is 0 Å². The Morgan fingerprint density at radius 3 is 2.66 bits per heavy atom. The van der Waals surface area contributed by atoms with Gasteiger partial charge in [0.15, 0.2) is 0 Å². The number of carbonyl (C=O) groups is 4. The molecule has 3 heterocycles. The summed E-state index contributed by atoms with van der Waals surface area (Å²) in [7, 11) is 0. The van der Waals surface area contributed by atoms with Crippen molar-refractivity contribution in [2.45, 2.75) is 70.1 Å². The van der Waals surface area contributed by atoms with Gasteiger partial charge in [-0.05, 0) is 25.0 Å². The zero-order valence-corrected chi connectivity index (χ0v) is 20.1. The highest BCUT2D eigenvalue weighted by Gasteiger charge is 2.43. The van der Waals surface area contributed by atoms with E-state index in [2.05, 4.69) is 15.7 Å². The third-order valence-corrected chi connectivity index (χ3v) is 6.97. The summed E-state index contributed by atoms with van der Waals surface area (Å²) in [5.74, 6) is -2.55. The fourth-order valence-corrected chi connectivity index (χ4v) is 4.99. The fourth-order valence-electron chi connectivity index (χ4n) is 4.99. The first-order chi connectivity index (χ1) is 17.9. The average Bonchev–Trinajstić information content (AvgIpc) is 3.36. The van der Waals surface area contributed by atoms with Crippen LogP contribution in [0.1, 0.15) is 64.6 Å². The molecular weight excluding hydrogens is 514 g/mol. The molecule has 1 aliphatic carbocycles. The highest BCUT2D eigenvalue weighted by Crippen LogP contribution is 2.39. The van der Waals surface area contributed by atoms with Crippen LogP contribution in [0.25, 0.3) is 0 Å². The molecule has 1 aromatic heterocycles. The molecule has 3 aliphatic rings. The van der Waals surface area contributed by atoms with Gasteiger partial charge in [0.2, 0.25) is 11.8 Å². The van der Waals surface area contributed by atoms with E-state index in [1.807, 2.05) is 0 Å². The molecule has 38 heavy (non-hydrogen) atoms. The molecule has 2 fully saturated rings. The summed E-state index contributed by atoms with van der Waals surface area (Å²) in [5.41, 5.74) is -0.418. The van der Waals surface area contributed by atoms with Crippen molar-refractivity contribution in [2.24, 2.45) is 0 Å². The zero-order chi connectivity index (χ0) is 27.4. The number of carbonyl (C=O) groups excluding carboxylic acids is 4. The Kier molecular flexibility index (Phi) is 6.35. The molecule has 202 valence electrons. The average molecular weight is 537 g/mol. The Hall–Kier alpha value is -3.97. The van der Waals surface area contributed by atoms with E-state index in [-0.39, 0.29) is 55.6 Å². The minimum Gasteiger partial charge on any atom is -0.446 e. The molecule has 1 atom stereocenters. The second kappa shape index (κ2) is 9.40. The maximum Gasteiger partial charge on any atom is 0.433 e. The van der Waals surface area contributed by atoms with Gasteiger partial charge in [-0.3, -0.25) is 24.4 Å². The van der Waals surface area contributed by atoms with Crippen molar-refractivity contribution >= 4 is 23.8 Å². The lowest BCUT2D eigenvalue weighted by atomic mass is 9.89. The standard InChI is InChI=1S/C24H23F4N5O5/c1-11-6-17(24(26,27)28)33(31-11)14-7-15(8-14)38-23(37)29-9-12-2-3-13-10-32(22(36)19(13)20(12)25)16-4-5-18(34)30-21(16)35/h2-3,6,14-16H,4-5,7-10H2,1H3,(H,29,37)(H,30,34,35)/t14?,15?,16-/m0/s1. The fraction of sp³-hybridized carbons (Fsp3) is 0.458. The summed E-state index contributed by atoms with van der Waals surface area (Å²) < 4.78 is 60.9. The highest BCUT2D eigenvalue weighted by molar-refractivity contribution is 6.05. The number of alkyl halides is 3. The molecular formula is C24H23F4N5O5. The predicted octanol–water partition coefficient (Wildman–Crippen LogP) is 2.74. The number of fused-ring (bicyclic) bond motifs is 1. The van der Waals surface area contributed by atoms with Crippen molar-refractivity contribution in [2.75, 3.05) is 0 Å². The molecule has 0 bridgehead atoms. The molecule has 0 spiro atoms. The first-order valence-electron chi connectivity index (χ1n) is 11.9. The lowest BCUT2D eigenvalue weighted by Crippen LogP contribution is -2.52. The van der Waals surface area contributed by atoms with E-state index in [1.165, 1.54) is 24.0 Å². The van der Waals surface area contributed by atoms with E-state index >= 15 is 4.39 Å². The van der Waals surface area contributed by atoms with Gasteiger partial charge >= 0.3 is 12.3 Å². The maximum absolute atomic E-state index is 15.2. The minimum absolute atomic E-state index is 0.0157. The summed E-state index contributed by atoms with van der Waals surface area (Å²) >= 11 is 0. The minimum atomic E-state index is -4.55. The van der Waals surface area contributed by atoms with Gasteiger partial charge in [-0.1, -0.05) is 12.1 Å². The molecule has 0 radical (unpaired) electrons. The number of aromatic nitrogens is 2. The Morgan fingerprint density at radius 1 is 1.24 bits per heavy atom. The molecule has 5 rings (SSSR count). The predicted molar refractivity (Wildman–Crippen MR) is 120 cm³/mol. The van der Waals surface area contributed by atoms with Gasteiger partial charge in [0.25, 0.3) is 5.91 Å². The number of hydrogen-bond acceptors (Lipinski definition) is 6. The van der Waals surface area contributed by atoms with Crippen LogP contribution < -0.4 is 10.6 Å². The number of alkyl carbamates (subject to hydrolysis) is 1. The number of ether oxygens (including phenoxy) is 1.